The van der Waals surface area contributed by atoms with Crippen molar-refractivity contribution in [2.45, 2.75) is 51.4 Å². The van der Waals surface area contributed by atoms with E-state index in [1.54, 1.807) is 0 Å². The molecule has 0 spiro atoms. The van der Waals surface area contributed by atoms with Crippen LogP contribution in [0.3, 0.4) is 0 Å². The van der Waals surface area contributed by atoms with Gasteiger partial charge in [-0.25, -0.2) is 4.79 Å². The van der Waals surface area contributed by atoms with Gasteiger partial charge in [0.1, 0.15) is 6.61 Å². The summed E-state index contributed by atoms with van der Waals surface area (Å²) >= 11 is 0. The Hall–Kier alpha value is -2.33. The van der Waals surface area contributed by atoms with E-state index in [-0.39, 0.29) is 12.1 Å². The Morgan fingerprint density at radius 2 is 1.88 bits per heavy atom. The quantitative estimate of drug-likeness (QED) is 0.833. The standard InChI is InChI=1S/C21H26N2O2/c1-15-7-6-10-18(11-15)16(2)22-19-12-20(13-19)23-21(24)25-14-17-8-4-3-5-9-17/h3-11,16,19-20,22H,12-14H2,1-2H3,(H,23,24)/t16-,19?,20?/m1/s1. The van der Waals surface area contributed by atoms with Crippen molar-refractivity contribution in [3.05, 3.63) is 71.3 Å². The summed E-state index contributed by atoms with van der Waals surface area (Å²) in [4.78, 5) is 11.9. The molecule has 1 fully saturated rings. The minimum atomic E-state index is -0.334. The topological polar surface area (TPSA) is 50.4 Å². The molecule has 132 valence electrons. The van der Waals surface area contributed by atoms with Gasteiger partial charge in [-0.3, -0.25) is 0 Å². The van der Waals surface area contributed by atoms with Crippen molar-refractivity contribution >= 4 is 6.09 Å². The summed E-state index contributed by atoms with van der Waals surface area (Å²) in [6, 6.07) is 19.2. The summed E-state index contributed by atoms with van der Waals surface area (Å²) in [6.07, 6.45) is 1.55. The lowest BCUT2D eigenvalue weighted by Gasteiger charge is -2.38. The number of hydrogen-bond donors (Lipinski definition) is 2. The molecule has 0 heterocycles. The van der Waals surface area contributed by atoms with Gasteiger partial charge in [-0.2, -0.15) is 0 Å². The van der Waals surface area contributed by atoms with Crippen molar-refractivity contribution in [3.8, 4) is 0 Å². The number of aryl methyl sites for hydroxylation is 1. The van der Waals surface area contributed by atoms with Gasteiger partial charge in [0.15, 0.2) is 0 Å². The Morgan fingerprint density at radius 3 is 2.60 bits per heavy atom. The lowest BCUT2D eigenvalue weighted by atomic mass is 9.86. The molecule has 2 aromatic carbocycles. The molecule has 25 heavy (non-hydrogen) atoms. The number of carbonyl (C=O) groups is 1. The first kappa shape index (κ1) is 17.5. The summed E-state index contributed by atoms with van der Waals surface area (Å²) < 4.78 is 5.26. The van der Waals surface area contributed by atoms with Crippen molar-refractivity contribution in [1.82, 2.24) is 10.6 Å². The summed E-state index contributed by atoms with van der Waals surface area (Å²) in [5, 5.41) is 6.57. The average molecular weight is 338 g/mol. The lowest BCUT2D eigenvalue weighted by molar-refractivity contribution is 0.124. The zero-order valence-corrected chi connectivity index (χ0v) is 14.9. The Bertz CT molecular complexity index is 696. The van der Waals surface area contributed by atoms with Crippen LogP contribution in [0, 0.1) is 6.92 Å². The molecule has 4 nitrogen and oxygen atoms in total. The second-order valence-corrected chi connectivity index (χ2v) is 6.87. The van der Waals surface area contributed by atoms with E-state index in [1.165, 1.54) is 11.1 Å². The van der Waals surface area contributed by atoms with E-state index in [9.17, 15) is 4.79 Å². The van der Waals surface area contributed by atoms with Gasteiger partial charge in [0.25, 0.3) is 0 Å². The van der Waals surface area contributed by atoms with Gasteiger partial charge in [0.2, 0.25) is 0 Å². The summed E-state index contributed by atoms with van der Waals surface area (Å²) in [5.41, 5.74) is 3.58. The Labute approximate surface area is 149 Å². The molecule has 1 atom stereocenters. The highest BCUT2D eigenvalue weighted by Crippen LogP contribution is 2.24. The number of rotatable bonds is 6. The number of hydrogen-bond acceptors (Lipinski definition) is 3. The highest BCUT2D eigenvalue weighted by Gasteiger charge is 2.31. The lowest BCUT2D eigenvalue weighted by Crippen LogP contribution is -2.52. The van der Waals surface area contributed by atoms with Crippen LogP contribution >= 0.6 is 0 Å². The Kier molecular flexibility index (Phi) is 5.71. The third-order valence-corrected chi connectivity index (χ3v) is 4.70. The monoisotopic (exact) mass is 338 g/mol. The van der Waals surface area contributed by atoms with Crippen molar-refractivity contribution in [2.75, 3.05) is 0 Å². The van der Waals surface area contributed by atoms with Gasteiger partial charge in [0, 0.05) is 18.1 Å². The van der Waals surface area contributed by atoms with Crippen LogP contribution in [0.1, 0.15) is 42.5 Å². The predicted octanol–water partition coefficient (Wildman–Crippen LogP) is 4.10. The van der Waals surface area contributed by atoms with E-state index in [2.05, 4.69) is 48.7 Å². The van der Waals surface area contributed by atoms with Crippen molar-refractivity contribution in [1.29, 1.82) is 0 Å². The number of amides is 1. The third-order valence-electron chi connectivity index (χ3n) is 4.70. The molecule has 0 saturated heterocycles. The van der Waals surface area contributed by atoms with E-state index >= 15 is 0 Å². The maximum Gasteiger partial charge on any atom is 0.407 e. The largest absolute Gasteiger partial charge is 0.445 e. The number of carbonyl (C=O) groups excluding carboxylic acids is 1. The maximum absolute atomic E-state index is 11.9. The number of alkyl carbamates (subject to hydrolysis) is 1. The van der Waals surface area contributed by atoms with Gasteiger partial charge < -0.3 is 15.4 Å². The number of nitrogens with one attached hydrogen (secondary N) is 2. The van der Waals surface area contributed by atoms with Gasteiger partial charge in [-0.05, 0) is 37.8 Å². The predicted molar refractivity (Wildman–Crippen MR) is 99.3 cm³/mol. The van der Waals surface area contributed by atoms with Crippen LogP contribution in [-0.4, -0.2) is 18.2 Å². The normalized spacial score (nSPS) is 20.4. The molecule has 2 aromatic rings. The van der Waals surface area contributed by atoms with Crippen LogP contribution in [0.15, 0.2) is 54.6 Å². The van der Waals surface area contributed by atoms with Gasteiger partial charge in [-0.1, -0.05) is 60.2 Å². The second kappa shape index (κ2) is 8.17. The number of ether oxygens (including phenoxy) is 1. The van der Waals surface area contributed by atoms with Crippen LogP contribution in [0.5, 0.6) is 0 Å². The molecule has 0 aromatic heterocycles. The number of benzene rings is 2. The first-order valence-corrected chi connectivity index (χ1v) is 8.90. The van der Waals surface area contributed by atoms with Crippen molar-refractivity contribution in [2.24, 2.45) is 0 Å². The third kappa shape index (κ3) is 5.07. The minimum Gasteiger partial charge on any atom is -0.445 e. The molecule has 2 N–H and O–H groups in total. The first-order valence-electron chi connectivity index (χ1n) is 8.90. The van der Waals surface area contributed by atoms with Gasteiger partial charge in [-0.15, -0.1) is 0 Å². The van der Waals surface area contributed by atoms with Gasteiger partial charge in [0.05, 0.1) is 0 Å². The molecule has 1 amide bonds. The molecule has 0 unspecified atom stereocenters. The summed E-state index contributed by atoms with van der Waals surface area (Å²) in [7, 11) is 0. The second-order valence-electron chi connectivity index (χ2n) is 6.87. The molecule has 1 aliphatic rings. The molecule has 0 radical (unpaired) electrons. The molecule has 4 heteroatoms. The van der Waals surface area contributed by atoms with E-state index < -0.39 is 0 Å². The van der Waals surface area contributed by atoms with E-state index in [0.29, 0.717) is 18.7 Å². The molecule has 1 saturated carbocycles. The van der Waals surface area contributed by atoms with Crippen LogP contribution < -0.4 is 10.6 Å². The zero-order valence-electron chi connectivity index (χ0n) is 14.9. The molecule has 0 aliphatic heterocycles. The van der Waals surface area contributed by atoms with Crippen LogP contribution in [0.4, 0.5) is 4.79 Å². The molecule has 0 bridgehead atoms. The molecular formula is C21H26N2O2. The van der Waals surface area contributed by atoms with Crippen molar-refractivity contribution in [3.63, 3.8) is 0 Å². The van der Waals surface area contributed by atoms with E-state index in [0.717, 1.165) is 18.4 Å². The fraction of sp³-hybridized carbons (Fsp3) is 0.381. The van der Waals surface area contributed by atoms with Crippen molar-refractivity contribution < 1.29 is 9.53 Å². The maximum atomic E-state index is 11.9. The van der Waals surface area contributed by atoms with Crippen LogP contribution in [0.2, 0.25) is 0 Å². The molecular weight excluding hydrogens is 312 g/mol. The highest BCUT2D eigenvalue weighted by molar-refractivity contribution is 5.67. The summed E-state index contributed by atoms with van der Waals surface area (Å²) in [5.74, 6) is 0. The first-order chi connectivity index (χ1) is 12.1. The zero-order chi connectivity index (χ0) is 17.6. The summed E-state index contributed by atoms with van der Waals surface area (Å²) in [6.45, 7) is 4.61. The van der Waals surface area contributed by atoms with Crippen LogP contribution in [0.25, 0.3) is 0 Å². The SMILES string of the molecule is Cc1cccc([C@@H](C)NC2CC(NC(=O)OCc3ccccc3)C2)c1. The van der Waals surface area contributed by atoms with E-state index in [1.807, 2.05) is 30.3 Å². The fourth-order valence-electron chi connectivity index (χ4n) is 3.19. The molecule has 1 aliphatic carbocycles. The van der Waals surface area contributed by atoms with Gasteiger partial charge >= 0.3 is 6.09 Å². The highest BCUT2D eigenvalue weighted by atomic mass is 16.5. The average Bonchev–Trinajstić information content (AvgIpc) is 2.59. The minimum absolute atomic E-state index is 0.200. The smallest absolute Gasteiger partial charge is 0.407 e. The Morgan fingerprint density at radius 1 is 1.12 bits per heavy atom. The van der Waals surface area contributed by atoms with E-state index in [4.69, 9.17) is 4.74 Å². The Balaban J connectivity index is 1.35. The molecule has 3 rings (SSSR count). The fourth-order valence-corrected chi connectivity index (χ4v) is 3.19. The van der Waals surface area contributed by atoms with Crippen LogP contribution in [-0.2, 0) is 11.3 Å².